The van der Waals surface area contributed by atoms with Crippen molar-refractivity contribution in [3.63, 3.8) is 0 Å². The maximum atomic E-state index is 6.44. The van der Waals surface area contributed by atoms with Gasteiger partial charge in [-0.3, -0.25) is 15.8 Å². The Bertz CT molecular complexity index is 518. The molecule has 0 aromatic rings. The summed E-state index contributed by atoms with van der Waals surface area (Å²) >= 11 is 0. The molecule has 7 atom stereocenters. The van der Waals surface area contributed by atoms with Crippen molar-refractivity contribution in [2.24, 2.45) is 11.8 Å². The zero-order chi connectivity index (χ0) is 19.5. The smallest absolute Gasteiger partial charge is 0.0594 e. The molecule has 166 valence electrons. The molecule has 3 N–H and O–H groups in total. The molecule has 0 spiro atoms. The lowest BCUT2D eigenvalue weighted by Crippen LogP contribution is -2.52. The predicted octanol–water partition coefficient (Wildman–Crippen LogP) is 0.896. The van der Waals surface area contributed by atoms with Gasteiger partial charge < -0.3 is 19.5 Å². The zero-order valence-corrected chi connectivity index (χ0v) is 17.8. The molecule has 7 nitrogen and oxygen atoms in total. The van der Waals surface area contributed by atoms with Crippen molar-refractivity contribution in [2.75, 3.05) is 52.6 Å². The van der Waals surface area contributed by atoms with Crippen LogP contribution in [0.4, 0.5) is 0 Å². The SMILES string of the molecule is C1CNCCOC2CCC3NNC(C4CC(CC(N5CCOCC5)C4)OC1)C3C2. The van der Waals surface area contributed by atoms with Crippen LogP contribution in [0.25, 0.3) is 0 Å². The van der Waals surface area contributed by atoms with E-state index in [1.807, 2.05) is 0 Å². The lowest BCUT2D eigenvalue weighted by Gasteiger charge is -2.45. The summed E-state index contributed by atoms with van der Waals surface area (Å²) in [5.41, 5.74) is 7.39. The van der Waals surface area contributed by atoms with Gasteiger partial charge >= 0.3 is 0 Å². The van der Waals surface area contributed by atoms with E-state index in [-0.39, 0.29) is 0 Å². The summed E-state index contributed by atoms with van der Waals surface area (Å²) in [5.74, 6) is 1.35. The van der Waals surface area contributed by atoms with E-state index in [0.29, 0.717) is 42.2 Å². The van der Waals surface area contributed by atoms with Gasteiger partial charge in [0.1, 0.15) is 0 Å². The van der Waals surface area contributed by atoms with Crippen LogP contribution in [0.5, 0.6) is 0 Å². The van der Waals surface area contributed by atoms with Crippen LogP contribution in [0.1, 0.15) is 44.9 Å². The average Bonchev–Trinajstić information content (AvgIpc) is 3.19. The van der Waals surface area contributed by atoms with E-state index in [1.54, 1.807) is 0 Å². The van der Waals surface area contributed by atoms with E-state index in [1.165, 1.54) is 38.5 Å². The van der Waals surface area contributed by atoms with Crippen LogP contribution in [0, 0.1) is 11.8 Å². The highest BCUT2D eigenvalue weighted by Gasteiger charge is 2.46. The van der Waals surface area contributed by atoms with Gasteiger partial charge in [-0.2, -0.15) is 0 Å². The van der Waals surface area contributed by atoms with Gasteiger partial charge in [-0.05, 0) is 63.3 Å². The normalized spacial score (nSPS) is 45.3. The molecule has 5 rings (SSSR count). The van der Waals surface area contributed by atoms with E-state index in [0.717, 1.165) is 59.0 Å². The van der Waals surface area contributed by atoms with Gasteiger partial charge in [-0.25, -0.2) is 0 Å². The first-order valence-electron chi connectivity index (χ1n) is 12.1. The average molecular weight is 409 g/mol. The van der Waals surface area contributed by atoms with Crippen molar-refractivity contribution >= 4 is 0 Å². The third-order valence-corrected chi connectivity index (χ3v) is 7.98. The molecular formula is C22H40N4O3. The van der Waals surface area contributed by atoms with Crippen molar-refractivity contribution in [1.82, 2.24) is 21.1 Å². The van der Waals surface area contributed by atoms with Gasteiger partial charge in [0.25, 0.3) is 0 Å². The summed E-state index contributed by atoms with van der Waals surface area (Å²) in [7, 11) is 0. The van der Waals surface area contributed by atoms with Gasteiger partial charge in [-0.15, -0.1) is 0 Å². The van der Waals surface area contributed by atoms with Gasteiger partial charge in [0, 0.05) is 44.4 Å². The molecule has 5 fully saturated rings. The van der Waals surface area contributed by atoms with Crippen molar-refractivity contribution in [3.05, 3.63) is 0 Å². The first-order chi connectivity index (χ1) is 14.4. The van der Waals surface area contributed by atoms with Crippen molar-refractivity contribution in [3.8, 4) is 0 Å². The maximum Gasteiger partial charge on any atom is 0.0594 e. The second-order valence-corrected chi connectivity index (χ2v) is 9.76. The molecule has 2 aliphatic carbocycles. The largest absolute Gasteiger partial charge is 0.379 e. The molecule has 0 amide bonds. The molecule has 7 heteroatoms. The minimum absolute atomic E-state index is 0.392. The van der Waals surface area contributed by atoms with Crippen LogP contribution in [-0.4, -0.2) is 87.8 Å². The van der Waals surface area contributed by atoms with Crippen LogP contribution in [0.15, 0.2) is 0 Å². The Morgan fingerprint density at radius 1 is 0.759 bits per heavy atom. The van der Waals surface area contributed by atoms with Gasteiger partial charge in [0.15, 0.2) is 0 Å². The molecule has 2 saturated carbocycles. The van der Waals surface area contributed by atoms with Crippen LogP contribution in [-0.2, 0) is 14.2 Å². The minimum Gasteiger partial charge on any atom is -0.379 e. The fourth-order valence-electron chi connectivity index (χ4n) is 6.49. The number of ether oxygens (including phenoxy) is 3. The number of hydrazine groups is 1. The summed E-state index contributed by atoms with van der Waals surface area (Å²) in [4.78, 5) is 2.67. The lowest BCUT2D eigenvalue weighted by atomic mass is 9.71. The Morgan fingerprint density at radius 3 is 2.59 bits per heavy atom. The van der Waals surface area contributed by atoms with Gasteiger partial charge in [0.2, 0.25) is 0 Å². The quantitative estimate of drug-likeness (QED) is 0.596. The molecule has 3 saturated heterocycles. The number of fused-ring (bicyclic) bond motifs is 4. The number of morpholine rings is 1. The third kappa shape index (κ3) is 4.97. The van der Waals surface area contributed by atoms with E-state index in [4.69, 9.17) is 14.2 Å². The first kappa shape index (κ1) is 20.6. The number of hydrogen-bond donors (Lipinski definition) is 3. The molecule has 5 aliphatic rings. The standard InChI is InChI=1S/C22H40N4O3/c1-4-23-5-9-29-18-2-3-21-20(15-18)22(25-24-21)16-12-17(14-19(13-16)28-8-1)26-6-10-27-11-7-26/h16-25H,1-15H2. The highest BCUT2D eigenvalue weighted by atomic mass is 16.5. The second-order valence-electron chi connectivity index (χ2n) is 9.76. The Labute approximate surface area is 175 Å². The highest BCUT2D eigenvalue weighted by Crippen LogP contribution is 2.40. The predicted molar refractivity (Wildman–Crippen MR) is 112 cm³/mol. The van der Waals surface area contributed by atoms with Crippen LogP contribution in [0.2, 0.25) is 0 Å². The number of hydrogen-bond acceptors (Lipinski definition) is 7. The van der Waals surface area contributed by atoms with Crippen LogP contribution in [0.3, 0.4) is 0 Å². The lowest BCUT2D eigenvalue weighted by molar-refractivity contribution is -0.0526. The van der Waals surface area contributed by atoms with Crippen molar-refractivity contribution < 1.29 is 14.2 Å². The maximum absolute atomic E-state index is 6.44. The number of nitrogens with zero attached hydrogens (tertiary/aromatic N) is 1. The highest BCUT2D eigenvalue weighted by molar-refractivity contribution is 5.01. The molecule has 0 aromatic heterocycles. The van der Waals surface area contributed by atoms with E-state index in [9.17, 15) is 0 Å². The summed E-state index contributed by atoms with van der Waals surface area (Å²) in [6, 6.07) is 1.79. The van der Waals surface area contributed by atoms with E-state index < -0.39 is 0 Å². The fraction of sp³-hybridized carbons (Fsp3) is 1.00. The Kier molecular flexibility index (Phi) is 7.03. The van der Waals surface area contributed by atoms with Crippen LogP contribution >= 0.6 is 0 Å². The van der Waals surface area contributed by atoms with Crippen molar-refractivity contribution in [1.29, 1.82) is 0 Å². The molecule has 0 radical (unpaired) electrons. The zero-order valence-electron chi connectivity index (χ0n) is 17.8. The number of rotatable bonds is 1. The molecule has 7 unspecified atom stereocenters. The Morgan fingerprint density at radius 2 is 1.66 bits per heavy atom. The third-order valence-electron chi connectivity index (χ3n) is 7.98. The van der Waals surface area contributed by atoms with Gasteiger partial charge in [0.05, 0.1) is 32.0 Å². The fourth-order valence-corrected chi connectivity index (χ4v) is 6.49. The molecule has 3 heterocycles. The van der Waals surface area contributed by atoms with Gasteiger partial charge in [-0.1, -0.05) is 0 Å². The second kappa shape index (κ2) is 9.90. The Balaban J connectivity index is 1.32. The molecular weight excluding hydrogens is 368 g/mol. The topological polar surface area (TPSA) is 67.0 Å². The molecule has 0 aromatic carbocycles. The minimum atomic E-state index is 0.392. The van der Waals surface area contributed by atoms with E-state index in [2.05, 4.69) is 21.1 Å². The van der Waals surface area contributed by atoms with E-state index >= 15 is 0 Å². The summed E-state index contributed by atoms with van der Waals surface area (Å²) < 4.78 is 18.3. The first-order valence-corrected chi connectivity index (χ1v) is 12.1. The molecule has 4 bridgehead atoms. The molecule has 29 heavy (non-hydrogen) atoms. The number of nitrogens with one attached hydrogen (secondary N) is 3. The molecule has 3 aliphatic heterocycles. The Hall–Kier alpha value is -0.280. The van der Waals surface area contributed by atoms with Crippen molar-refractivity contribution in [2.45, 2.75) is 75.3 Å². The summed E-state index contributed by atoms with van der Waals surface area (Å²) in [6.45, 7) is 7.59. The van der Waals surface area contributed by atoms with Crippen LogP contribution < -0.4 is 16.2 Å². The summed E-state index contributed by atoms with van der Waals surface area (Å²) in [6.07, 6.45) is 9.18. The monoisotopic (exact) mass is 408 g/mol. The summed E-state index contributed by atoms with van der Waals surface area (Å²) in [5, 5.41) is 3.52.